The number of hydrogen-bond acceptors (Lipinski definition) is 2. The van der Waals surface area contributed by atoms with Crippen molar-refractivity contribution in [2.24, 2.45) is 11.7 Å². The van der Waals surface area contributed by atoms with Crippen molar-refractivity contribution in [3.8, 4) is 0 Å². The maximum absolute atomic E-state index is 5.99. The molecular formula is C14H21BrN2. The third kappa shape index (κ3) is 3.09. The van der Waals surface area contributed by atoms with Crippen molar-refractivity contribution in [2.75, 3.05) is 13.1 Å². The fourth-order valence-corrected chi connectivity index (χ4v) is 2.81. The summed E-state index contributed by atoms with van der Waals surface area (Å²) in [7, 11) is 0. The highest BCUT2D eigenvalue weighted by atomic mass is 79.9. The first-order chi connectivity index (χ1) is 8.08. The average Bonchev–Trinajstić information content (AvgIpc) is 2.78. The van der Waals surface area contributed by atoms with Crippen LogP contribution in [-0.4, -0.2) is 24.0 Å². The molecule has 1 aliphatic heterocycles. The van der Waals surface area contributed by atoms with E-state index in [4.69, 9.17) is 5.73 Å². The Morgan fingerprint density at radius 1 is 1.29 bits per heavy atom. The first kappa shape index (κ1) is 13.1. The predicted molar refractivity (Wildman–Crippen MR) is 75.9 cm³/mol. The van der Waals surface area contributed by atoms with Crippen LogP contribution >= 0.6 is 15.9 Å². The summed E-state index contributed by atoms with van der Waals surface area (Å²) in [5.74, 6) is 0.660. The fourth-order valence-electron chi connectivity index (χ4n) is 2.55. The van der Waals surface area contributed by atoms with Crippen molar-refractivity contribution >= 4 is 15.9 Å². The van der Waals surface area contributed by atoms with E-state index >= 15 is 0 Å². The van der Waals surface area contributed by atoms with Gasteiger partial charge in [0, 0.05) is 23.1 Å². The van der Waals surface area contributed by atoms with Gasteiger partial charge < -0.3 is 5.73 Å². The van der Waals surface area contributed by atoms with Crippen LogP contribution in [0.1, 0.15) is 31.9 Å². The molecule has 0 amide bonds. The molecule has 1 aromatic carbocycles. The molecule has 2 N–H and O–H groups in total. The molecule has 0 saturated carbocycles. The molecule has 1 aliphatic rings. The van der Waals surface area contributed by atoms with Crippen LogP contribution in [-0.2, 0) is 0 Å². The summed E-state index contributed by atoms with van der Waals surface area (Å²) in [6, 6.07) is 9.45. The van der Waals surface area contributed by atoms with Crippen molar-refractivity contribution in [2.45, 2.75) is 32.4 Å². The molecule has 1 heterocycles. The smallest absolute Gasteiger partial charge is 0.0320 e. The van der Waals surface area contributed by atoms with Crippen molar-refractivity contribution in [1.82, 2.24) is 4.90 Å². The van der Waals surface area contributed by atoms with Crippen LogP contribution in [0.2, 0.25) is 0 Å². The zero-order valence-electron chi connectivity index (χ0n) is 10.6. The van der Waals surface area contributed by atoms with E-state index in [-0.39, 0.29) is 0 Å². The van der Waals surface area contributed by atoms with E-state index in [1.54, 1.807) is 0 Å². The quantitative estimate of drug-likeness (QED) is 0.928. The number of halogens is 1. The van der Waals surface area contributed by atoms with Crippen LogP contribution in [0.4, 0.5) is 0 Å². The number of nitrogens with two attached hydrogens (primary N) is 1. The molecule has 94 valence electrons. The molecule has 2 rings (SSSR count). The third-order valence-corrected chi connectivity index (χ3v) is 4.43. The highest BCUT2D eigenvalue weighted by Gasteiger charge is 2.28. The summed E-state index contributed by atoms with van der Waals surface area (Å²) in [6.07, 6.45) is 1.23. The Hall–Kier alpha value is -0.380. The molecule has 0 bridgehead atoms. The van der Waals surface area contributed by atoms with Crippen LogP contribution in [0, 0.1) is 5.92 Å². The SMILES string of the molecule is CC(N)C1CCN(C(C)c2ccc(Br)cc2)C1. The average molecular weight is 297 g/mol. The Labute approximate surface area is 112 Å². The highest BCUT2D eigenvalue weighted by molar-refractivity contribution is 9.10. The summed E-state index contributed by atoms with van der Waals surface area (Å²) < 4.78 is 1.14. The highest BCUT2D eigenvalue weighted by Crippen LogP contribution is 2.28. The van der Waals surface area contributed by atoms with Crippen LogP contribution in [0.15, 0.2) is 28.7 Å². The third-order valence-electron chi connectivity index (χ3n) is 3.90. The lowest BCUT2D eigenvalue weighted by Crippen LogP contribution is -2.30. The van der Waals surface area contributed by atoms with Crippen molar-refractivity contribution in [3.05, 3.63) is 34.3 Å². The Morgan fingerprint density at radius 2 is 1.94 bits per heavy atom. The van der Waals surface area contributed by atoms with Gasteiger partial charge in [0.25, 0.3) is 0 Å². The summed E-state index contributed by atoms with van der Waals surface area (Å²) in [5, 5.41) is 0. The van der Waals surface area contributed by atoms with Gasteiger partial charge in [-0.25, -0.2) is 0 Å². The van der Waals surface area contributed by atoms with Crippen LogP contribution in [0.25, 0.3) is 0 Å². The van der Waals surface area contributed by atoms with Gasteiger partial charge in [-0.05, 0) is 50.4 Å². The summed E-state index contributed by atoms with van der Waals surface area (Å²) in [6.45, 7) is 6.71. The summed E-state index contributed by atoms with van der Waals surface area (Å²) in [4.78, 5) is 2.54. The molecule has 0 spiro atoms. The lowest BCUT2D eigenvalue weighted by atomic mass is 10.0. The number of likely N-dealkylation sites (tertiary alicyclic amines) is 1. The molecular weight excluding hydrogens is 276 g/mol. The normalized spacial score (nSPS) is 24.8. The van der Waals surface area contributed by atoms with Gasteiger partial charge in [0.2, 0.25) is 0 Å². The molecule has 3 atom stereocenters. The minimum Gasteiger partial charge on any atom is -0.328 e. The Kier molecular flexibility index (Phi) is 4.23. The Balaban J connectivity index is 2.01. The minimum absolute atomic E-state index is 0.317. The van der Waals surface area contributed by atoms with E-state index in [1.165, 1.54) is 18.5 Å². The maximum atomic E-state index is 5.99. The molecule has 0 radical (unpaired) electrons. The van der Waals surface area contributed by atoms with Crippen molar-refractivity contribution in [1.29, 1.82) is 0 Å². The second-order valence-electron chi connectivity index (χ2n) is 5.13. The van der Waals surface area contributed by atoms with Crippen molar-refractivity contribution in [3.63, 3.8) is 0 Å². The van der Waals surface area contributed by atoms with Gasteiger partial charge in [0.05, 0.1) is 0 Å². The van der Waals surface area contributed by atoms with Crippen LogP contribution in [0.3, 0.4) is 0 Å². The molecule has 3 unspecified atom stereocenters. The first-order valence-electron chi connectivity index (χ1n) is 6.33. The summed E-state index contributed by atoms with van der Waals surface area (Å²) in [5.41, 5.74) is 7.37. The Morgan fingerprint density at radius 3 is 2.47 bits per heavy atom. The van der Waals surface area contributed by atoms with Crippen LogP contribution < -0.4 is 5.73 Å². The van der Waals surface area contributed by atoms with Crippen LogP contribution in [0.5, 0.6) is 0 Å². The van der Waals surface area contributed by atoms with Gasteiger partial charge in [-0.15, -0.1) is 0 Å². The first-order valence-corrected chi connectivity index (χ1v) is 7.12. The Bertz CT molecular complexity index is 361. The zero-order valence-corrected chi connectivity index (χ0v) is 12.2. The van der Waals surface area contributed by atoms with Gasteiger partial charge in [-0.3, -0.25) is 4.90 Å². The second kappa shape index (κ2) is 5.51. The predicted octanol–water partition coefficient (Wildman–Crippen LogP) is 3.18. The second-order valence-corrected chi connectivity index (χ2v) is 6.05. The van der Waals surface area contributed by atoms with E-state index < -0.39 is 0 Å². The number of benzene rings is 1. The molecule has 3 heteroatoms. The van der Waals surface area contributed by atoms with E-state index in [9.17, 15) is 0 Å². The lowest BCUT2D eigenvalue weighted by Gasteiger charge is -2.25. The molecule has 1 aromatic rings. The maximum Gasteiger partial charge on any atom is 0.0320 e. The number of rotatable bonds is 3. The zero-order chi connectivity index (χ0) is 12.4. The molecule has 2 nitrogen and oxygen atoms in total. The summed E-state index contributed by atoms with van der Waals surface area (Å²) >= 11 is 3.48. The fraction of sp³-hybridized carbons (Fsp3) is 0.571. The molecule has 0 aromatic heterocycles. The van der Waals surface area contributed by atoms with Gasteiger partial charge >= 0.3 is 0 Å². The van der Waals surface area contributed by atoms with Gasteiger partial charge in [0.1, 0.15) is 0 Å². The van der Waals surface area contributed by atoms with E-state index in [0.29, 0.717) is 18.0 Å². The van der Waals surface area contributed by atoms with Gasteiger partial charge in [0.15, 0.2) is 0 Å². The standard InChI is InChI=1S/C14H21BrN2/c1-10(16)13-7-8-17(9-13)11(2)12-3-5-14(15)6-4-12/h3-6,10-11,13H,7-9,16H2,1-2H3. The number of nitrogens with zero attached hydrogens (tertiary/aromatic N) is 1. The van der Waals surface area contributed by atoms with Gasteiger partial charge in [-0.1, -0.05) is 28.1 Å². The van der Waals surface area contributed by atoms with Crippen molar-refractivity contribution < 1.29 is 0 Å². The minimum atomic E-state index is 0.317. The lowest BCUT2D eigenvalue weighted by molar-refractivity contribution is 0.248. The monoisotopic (exact) mass is 296 g/mol. The van der Waals surface area contributed by atoms with E-state index in [2.05, 4.69) is 58.9 Å². The molecule has 1 saturated heterocycles. The van der Waals surface area contributed by atoms with Gasteiger partial charge in [-0.2, -0.15) is 0 Å². The largest absolute Gasteiger partial charge is 0.328 e. The molecule has 17 heavy (non-hydrogen) atoms. The number of hydrogen-bond donors (Lipinski definition) is 1. The molecule has 1 fully saturated rings. The van der Waals surface area contributed by atoms with E-state index in [1.807, 2.05) is 0 Å². The van der Waals surface area contributed by atoms with E-state index in [0.717, 1.165) is 11.0 Å². The molecule has 0 aliphatic carbocycles. The topological polar surface area (TPSA) is 29.3 Å².